The second kappa shape index (κ2) is 10.9. The minimum atomic E-state index is -1.36. The third-order valence-corrected chi connectivity index (χ3v) is 3.20. The van der Waals surface area contributed by atoms with Gasteiger partial charge in [0, 0.05) is 0 Å². The van der Waals surface area contributed by atoms with Gasteiger partial charge >= 0.3 is 5.97 Å². The summed E-state index contributed by atoms with van der Waals surface area (Å²) in [5.41, 5.74) is 10.7. The van der Waals surface area contributed by atoms with Crippen LogP contribution in [0.5, 0.6) is 0 Å². The SMILES string of the molecule is C[C@@H](O)[C@H](N)C(=O)N[C@@H](CO)C(=O)N[C@@H](CCCCN)C(=O)O. The predicted molar refractivity (Wildman–Crippen MR) is 81.1 cm³/mol. The number of hydrogen-bond acceptors (Lipinski definition) is 7. The minimum Gasteiger partial charge on any atom is -0.480 e. The normalized spacial score (nSPS) is 16.0. The van der Waals surface area contributed by atoms with Crippen molar-refractivity contribution >= 4 is 17.8 Å². The summed E-state index contributed by atoms with van der Waals surface area (Å²) in [7, 11) is 0. The molecule has 4 atom stereocenters. The van der Waals surface area contributed by atoms with Gasteiger partial charge in [0.15, 0.2) is 0 Å². The van der Waals surface area contributed by atoms with Crippen LogP contribution in [0.25, 0.3) is 0 Å². The number of rotatable bonds is 11. The van der Waals surface area contributed by atoms with Crippen LogP contribution in [-0.4, -0.2) is 70.5 Å². The molecule has 0 bridgehead atoms. The van der Waals surface area contributed by atoms with Gasteiger partial charge in [-0.05, 0) is 32.7 Å². The number of carbonyl (C=O) groups is 3. The van der Waals surface area contributed by atoms with Crippen molar-refractivity contribution in [2.24, 2.45) is 11.5 Å². The lowest BCUT2D eigenvalue weighted by Gasteiger charge is -2.22. The monoisotopic (exact) mass is 334 g/mol. The molecule has 0 saturated heterocycles. The second-order valence-electron chi connectivity index (χ2n) is 5.19. The highest BCUT2D eigenvalue weighted by molar-refractivity contribution is 5.92. The predicted octanol–water partition coefficient (Wildman–Crippen LogP) is -3.13. The van der Waals surface area contributed by atoms with E-state index in [1.807, 2.05) is 0 Å². The van der Waals surface area contributed by atoms with Crippen LogP contribution >= 0.6 is 0 Å². The van der Waals surface area contributed by atoms with Crippen molar-refractivity contribution in [2.75, 3.05) is 13.2 Å². The van der Waals surface area contributed by atoms with E-state index in [-0.39, 0.29) is 6.42 Å². The van der Waals surface area contributed by atoms with Gasteiger partial charge in [0.2, 0.25) is 11.8 Å². The molecule has 10 heteroatoms. The van der Waals surface area contributed by atoms with E-state index in [1.165, 1.54) is 6.92 Å². The van der Waals surface area contributed by atoms with E-state index < -0.39 is 48.6 Å². The summed E-state index contributed by atoms with van der Waals surface area (Å²) in [4.78, 5) is 34.8. The Labute approximate surface area is 134 Å². The second-order valence-corrected chi connectivity index (χ2v) is 5.19. The lowest BCUT2D eigenvalue weighted by Crippen LogP contribution is -2.57. The molecule has 0 radical (unpaired) electrons. The van der Waals surface area contributed by atoms with Gasteiger partial charge in [-0.3, -0.25) is 9.59 Å². The number of carboxylic acids is 1. The Kier molecular flexibility index (Phi) is 10.1. The van der Waals surface area contributed by atoms with Gasteiger partial charge in [0.1, 0.15) is 18.1 Å². The zero-order chi connectivity index (χ0) is 18.0. The number of carboxylic acid groups (broad SMARTS) is 1. The zero-order valence-corrected chi connectivity index (χ0v) is 13.1. The molecule has 10 nitrogen and oxygen atoms in total. The lowest BCUT2D eigenvalue weighted by molar-refractivity contribution is -0.142. The maximum atomic E-state index is 12.0. The highest BCUT2D eigenvalue weighted by Gasteiger charge is 2.28. The van der Waals surface area contributed by atoms with Crippen LogP contribution in [0.1, 0.15) is 26.2 Å². The van der Waals surface area contributed by atoms with E-state index in [0.717, 1.165) is 0 Å². The van der Waals surface area contributed by atoms with Crippen LogP contribution in [0.2, 0.25) is 0 Å². The summed E-state index contributed by atoms with van der Waals surface area (Å²) in [6, 6.07) is -3.77. The van der Waals surface area contributed by atoms with Crippen LogP contribution in [0, 0.1) is 0 Å². The molecular formula is C13H26N4O6. The molecule has 0 aliphatic heterocycles. The van der Waals surface area contributed by atoms with Gasteiger partial charge in [0.05, 0.1) is 12.7 Å². The van der Waals surface area contributed by atoms with Gasteiger partial charge in [0.25, 0.3) is 0 Å². The van der Waals surface area contributed by atoms with E-state index in [2.05, 4.69) is 10.6 Å². The number of unbranched alkanes of at least 4 members (excludes halogenated alkanes) is 1. The molecule has 23 heavy (non-hydrogen) atoms. The molecule has 0 heterocycles. The highest BCUT2D eigenvalue weighted by Crippen LogP contribution is 2.02. The van der Waals surface area contributed by atoms with Crippen molar-refractivity contribution in [1.82, 2.24) is 10.6 Å². The van der Waals surface area contributed by atoms with Crippen LogP contribution in [0.3, 0.4) is 0 Å². The summed E-state index contributed by atoms with van der Waals surface area (Å²) in [5.74, 6) is -2.90. The first kappa shape index (κ1) is 21.2. The van der Waals surface area contributed by atoms with E-state index >= 15 is 0 Å². The van der Waals surface area contributed by atoms with Gasteiger partial charge in [-0.2, -0.15) is 0 Å². The Hall–Kier alpha value is -1.75. The number of aliphatic carboxylic acids is 1. The molecule has 0 aromatic heterocycles. The Bertz CT molecular complexity index is 404. The molecule has 9 N–H and O–H groups in total. The van der Waals surface area contributed by atoms with Crippen LogP contribution in [0.15, 0.2) is 0 Å². The van der Waals surface area contributed by atoms with Gasteiger partial charge in [-0.25, -0.2) is 4.79 Å². The van der Waals surface area contributed by atoms with E-state index in [1.54, 1.807) is 0 Å². The van der Waals surface area contributed by atoms with Gasteiger partial charge in [-0.15, -0.1) is 0 Å². The van der Waals surface area contributed by atoms with Crippen LogP contribution in [-0.2, 0) is 14.4 Å². The van der Waals surface area contributed by atoms with Crippen molar-refractivity contribution in [3.05, 3.63) is 0 Å². The molecule has 0 unspecified atom stereocenters. The molecule has 0 saturated carbocycles. The van der Waals surface area contributed by atoms with Crippen LogP contribution < -0.4 is 22.1 Å². The molecule has 0 aromatic rings. The average Bonchev–Trinajstić information content (AvgIpc) is 2.50. The largest absolute Gasteiger partial charge is 0.480 e. The highest BCUT2D eigenvalue weighted by atomic mass is 16.4. The number of nitrogens with one attached hydrogen (secondary N) is 2. The molecule has 0 spiro atoms. The molecule has 134 valence electrons. The van der Waals surface area contributed by atoms with E-state index in [0.29, 0.717) is 19.4 Å². The number of carbonyl (C=O) groups excluding carboxylic acids is 2. The molecular weight excluding hydrogens is 308 g/mol. The first-order valence-corrected chi connectivity index (χ1v) is 7.32. The molecule has 2 amide bonds. The quantitative estimate of drug-likeness (QED) is 0.193. The molecule has 0 aliphatic rings. The third-order valence-electron chi connectivity index (χ3n) is 3.20. The molecule has 0 aliphatic carbocycles. The Morgan fingerprint density at radius 2 is 1.65 bits per heavy atom. The summed E-state index contributed by atoms with van der Waals surface area (Å²) in [5, 5.41) is 31.9. The van der Waals surface area contributed by atoms with E-state index in [4.69, 9.17) is 16.6 Å². The maximum Gasteiger partial charge on any atom is 0.326 e. The number of aliphatic hydroxyl groups is 2. The zero-order valence-electron chi connectivity index (χ0n) is 13.1. The fraction of sp³-hybridized carbons (Fsp3) is 0.769. The first-order valence-electron chi connectivity index (χ1n) is 7.32. The lowest BCUT2D eigenvalue weighted by atomic mass is 10.1. The van der Waals surface area contributed by atoms with Crippen LogP contribution in [0.4, 0.5) is 0 Å². The smallest absolute Gasteiger partial charge is 0.326 e. The standard InChI is InChI=1S/C13H26N4O6/c1-7(19)10(15)12(21)17-9(6-18)11(20)16-8(13(22)23)4-2-3-5-14/h7-10,18-19H,2-6,14-15H2,1H3,(H,16,20)(H,17,21)(H,22,23)/t7-,8+,9+,10+/m1/s1. The average molecular weight is 334 g/mol. The topological polar surface area (TPSA) is 188 Å². The van der Waals surface area contributed by atoms with Crippen molar-refractivity contribution in [1.29, 1.82) is 0 Å². The van der Waals surface area contributed by atoms with Gasteiger partial charge < -0.3 is 37.4 Å². The van der Waals surface area contributed by atoms with Crippen molar-refractivity contribution in [2.45, 2.75) is 50.4 Å². The summed E-state index contributed by atoms with van der Waals surface area (Å²) < 4.78 is 0. The summed E-state index contributed by atoms with van der Waals surface area (Å²) >= 11 is 0. The number of hydrogen-bond donors (Lipinski definition) is 7. The minimum absolute atomic E-state index is 0.178. The maximum absolute atomic E-state index is 12.0. The number of aliphatic hydroxyl groups excluding tert-OH is 2. The third kappa shape index (κ3) is 7.88. The number of nitrogens with two attached hydrogens (primary N) is 2. The molecule has 0 fully saturated rings. The van der Waals surface area contributed by atoms with Crippen molar-refractivity contribution in [3.8, 4) is 0 Å². The Morgan fingerprint density at radius 3 is 2.09 bits per heavy atom. The summed E-state index contributed by atoms with van der Waals surface area (Å²) in [6.45, 7) is 0.974. The first-order chi connectivity index (χ1) is 10.7. The molecule has 0 rings (SSSR count). The van der Waals surface area contributed by atoms with Crippen molar-refractivity contribution in [3.63, 3.8) is 0 Å². The Morgan fingerprint density at radius 1 is 1.09 bits per heavy atom. The Balaban J connectivity index is 4.67. The van der Waals surface area contributed by atoms with Gasteiger partial charge in [-0.1, -0.05) is 0 Å². The van der Waals surface area contributed by atoms with E-state index in [9.17, 15) is 24.6 Å². The fourth-order valence-corrected chi connectivity index (χ4v) is 1.70. The fourth-order valence-electron chi connectivity index (χ4n) is 1.70. The molecule has 0 aromatic carbocycles. The number of amides is 2. The summed E-state index contributed by atoms with van der Waals surface area (Å²) in [6.07, 6.45) is 0.165. The van der Waals surface area contributed by atoms with Crippen molar-refractivity contribution < 1.29 is 29.7 Å².